The Balaban J connectivity index is 1.13. The fourth-order valence-electron chi connectivity index (χ4n) is 8.11. The van der Waals surface area contributed by atoms with Crippen LogP contribution in [0.2, 0.25) is 0 Å². The van der Waals surface area contributed by atoms with Crippen molar-refractivity contribution in [2.24, 2.45) is 16.7 Å². The first-order valence-corrected chi connectivity index (χ1v) is 14.8. The van der Waals surface area contributed by atoms with Gasteiger partial charge < -0.3 is 20.4 Å². The quantitative estimate of drug-likeness (QED) is 0.401. The van der Waals surface area contributed by atoms with Gasteiger partial charge in [0.05, 0.1) is 13.2 Å². The molecular weight excluding hydrogens is 498 g/mol. The minimum Gasteiger partial charge on any atom is -0.496 e. The standard InChI is InChI=1S/C33H39N5O2/c1-21-11-29(40-2)27(26-7-9-36-30(21)26)18-38-10-8-32(12-22(13-32)17-34)16-28(38)23-3-5-24(6-4-23)31(39)37-25-14-33(15-25)19-35-20-33/h3-7,9,11,22,25,28,35-36H,8,10,12-16,18-20H2,1-2H3,(H,37,39)/t22?,28-,32?/m0/s1. The van der Waals surface area contributed by atoms with Gasteiger partial charge in [-0.3, -0.25) is 9.69 Å². The number of rotatable bonds is 6. The maximum Gasteiger partial charge on any atom is 0.251 e. The largest absolute Gasteiger partial charge is 0.496 e. The second-order valence-electron chi connectivity index (χ2n) is 13.1. The molecule has 1 aromatic heterocycles. The first-order valence-electron chi connectivity index (χ1n) is 14.8. The maximum atomic E-state index is 13.0. The molecule has 4 fully saturated rings. The van der Waals surface area contributed by atoms with E-state index in [1.54, 1.807) is 7.11 Å². The number of carbonyl (C=O) groups is 1. The Hall–Kier alpha value is -3.34. The monoisotopic (exact) mass is 537 g/mol. The van der Waals surface area contributed by atoms with Crippen molar-refractivity contribution in [1.29, 1.82) is 5.26 Å². The van der Waals surface area contributed by atoms with Gasteiger partial charge in [-0.1, -0.05) is 12.1 Å². The number of nitriles is 1. The molecule has 0 bridgehead atoms. The molecule has 3 heterocycles. The number of hydrogen-bond acceptors (Lipinski definition) is 5. The third-order valence-corrected chi connectivity index (χ3v) is 10.5. The molecule has 2 aliphatic heterocycles. The van der Waals surface area contributed by atoms with Crippen LogP contribution in [0.3, 0.4) is 0 Å². The third kappa shape index (κ3) is 4.29. The average molecular weight is 538 g/mol. The Kier molecular flexibility index (Phi) is 6.17. The van der Waals surface area contributed by atoms with Gasteiger partial charge in [0.25, 0.3) is 5.91 Å². The van der Waals surface area contributed by atoms with E-state index in [4.69, 9.17) is 4.74 Å². The highest BCUT2D eigenvalue weighted by Gasteiger charge is 2.50. The second-order valence-corrected chi connectivity index (χ2v) is 13.1. The lowest BCUT2D eigenvalue weighted by atomic mass is 9.56. The molecule has 7 heteroatoms. The smallest absolute Gasteiger partial charge is 0.251 e. The van der Waals surface area contributed by atoms with E-state index in [1.165, 1.54) is 22.1 Å². The van der Waals surface area contributed by atoms with Gasteiger partial charge in [-0.05, 0) is 98.2 Å². The first kappa shape index (κ1) is 25.6. The van der Waals surface area contributed by atoms with Gasteiger partial charge in [-0.2, -0.15) is 5.26 Å². The fourth-order valence-corrected chi connectivity index (χ4v) is 8.11. The van der Waals surface area contributed by atoms with E-state index in [9.17, 15) is 10.1 Å². The SMILES string of the molecule is COc1cc(C)c2[nH]ccc2c1CN1CCC2(CC(C#N)C2)C[C@H]1c1ccc(C(=O)NC2CC3(CNC3)C2)cc1. The van der Waals surface area contributed by atoms with Crippen LogP contribution in [0.25, 0.3) is 10.9 Å². The summed E-state index contributed by atoms with van der Waals surface area (Å²) in [6.07, 6.45) is 8.35. The van der Waals surface area contributed by atoms with Gasteiger partial charge in [0.1, 0.15) is 5.75 Å². The second kappa shape index (κ2) is 9.64. The number of aromatic amines is 1. The molecule has 0 radical (unpaired) electrons. The van der Waals surface area contributed by atoms with Crippen LogP contribution in [0.4, 0.5) is 0 Å². The van der Waals surface area contributed by atoms with E-state index in [0.29, 0.717) is 11.5 Å². The normalized spacial score (nSPS) is 23.8. The van der Waals surface area contributed by atoms with E-state index in [2.05, 4.69) is 57.8 Å². The van der Waals surface area contributed by atoms with E-state index >= 15 is 0 Å². The lowest BCUT2D eigenvalue weighted by Crippen LogP contribution is -2.65. The minimum atomic E-state index is 0.0331. The van der Waals surface area contributed by atoms with E-state index in [-0.39, 0.29) is 23.3 Å². The van der Waals surface area contributed by atoms with Gasteiger partial charge in [0.2, 0.25) is 0 Å². The number of benzene rings is 2. The van der Waals surface area contributed by atoms with Gasteiger partial charge in [0, 0.05) is 65.9 Å². The number of fused-ring (bicyclic) bond motifs is 1. The molecule has 2 saturated heterocycles. The summed E-state index contributed by atoms with van der Waals surface area (Å²) >= 11 is 0. The summed E-state index contributed by atoms with van der Waals surface area (Å²) < 4.78 is 5.87. The summed E-state index contributed by atoms with van der Waals surface area (Å²) in [6.45, 7) is 6.07. The van der Waals surface area contributed by atoms with Crippen molar-refractivity contribution in [3.8, 4) is 11.8 Å². The first-order chi connectivity index (χ1) is 19.4. The average Bonchev–Trinajstić information content (AvgIpc) is 3.40. The van der Waals surface area contributed by atoms with Gasteiger partial charge in [0.15, 0.2) is 0 Å². The molecule has 2 aromatic carbocycles. The molecule has 2 aliphatic carbocycles. The van der Waals surface area contributed by atoms with Gasteiger partial charge in [-0.15, -0.1) is 0 Å². The molecule has 2 saturated carbocycles. The Morgan fingerprint density at radius 3 is 2.58 bits per heavy atom. The summed E-state index contributed by atoms with van der Waals surface area (Å²) in [6, 6.07) is 15.6. The number of nitrogens with one attached hydrogen (secondary N) is 3. The summed E-state index contributed by atoms with van der Waals surface area (Å²) in [7, 11) is 1.76. The van der Waals surface area contributed by atoms with Crippen LogP contribution in [0.1, 0.15) is 71.6 Å². The van der Waals surface area contributed by atoms with E-state index < -0.39 is 0 Å². The third-order valence-electron chi connectivity index (χ3n) is 10.5. The maximum absolute atomic E-state index is 13.0. The predicted molar refractivity (Wildman–Crippen MR) is 155 cm³/mol. The molecule has 7 nitrogen and oxygen atoms in total. The molecular formula is C33H39N5O2. The van der Waals surface area contributed by atoms with Crippen molar-refractivity contribution in [3.05, 3.63) is 64.8 Å². The number of methoxy groups -OCH3 is 1. The molecule has 40 heavy (non-hydrogen) atoms. The zero-order chi connectivity index (χ0) is 27.5. The zero-order valence-electron chi connectivity index (χ0n) is 23.6. The molecule has 1 atom stereocenters. The Bertz CT molecular complexity index is 1470. The van der Waals surface area contributed by atoms with Gasteiger partial charge >= 0.3 is 0 Å². The molecule has 3 aromatic rings. The van der Waals surface area contributed by atoms with Crippen LogP contribution in [0.15, 0.2) is 42.6 Å². The fraction of sp³-hybridized carbons (Fsp3) is 0.515. The van der Waals surface area contributed by atoms with Crippen molar-refractivity contribution in [1.82, 2.24) is 20.5 Å². The molecule has 0 unspecified atom stereocenters. The number of hydrogen-bond donors (Lipinski definition) is 3. The number of ether oxygens (including phenoxy) is 1. The predicted octanol–water partition coefficient (Wildman–Crippen LogP) is 5.22. The summed E-state index contributed by atoms with van der Waals surface area (Å²) in [5.41, 5.74) is 6.23. The Labute approximate surface area is 236 Å². The number of piperidine rings is 1. The van der Waals surface area contributed by atoms with Crippen molar-refractivity contribution in [2.45, 2.75) is 64.1 Å². The molecule has 2 spiro atoms. The lowest BCUT2D eigenvalue weighted by molar-refractivity contribution is -0.0298. The van der Waals surface area contributed by atoms with Crippen LogP contribution in [0.5, 0.6) is 5.75 Å². The molecule has 7 rings (SSSR count). The summed E-state index contributed by atoms with van der Waals surface area (Å²) in [5.74, 6) is 1.15. The van der Waals surface area contributed by atoms with Crippen molar-refractivity contribution < 1.29 is 9.53 Å². The lowest BCUT2D eigenvalue weighted by Gasteiger charge is -2.54. The summed E-state index contributed by atoms with van der Waals surface area (Å²) in [5, 5.41) is 17.3. The number of likely N-dealkylation sites (tertiary alicyclic amines) is 1. The van der Waals surface area contributed by atoms with Crippen molar-refractivity contribution in [3.63, 3.8) is 0 Å². The topological polar surface area (TPSA) is 93.2 Å². The zero-order valence-corrected chi connectivity index (χ0v) is 23.6. The van der Waals surface area contributed by atoms with Crippen LogP contribution in [-0.2, 0) is 6.54 Å². The number of carbonyl (C=O) groups excluding carboxylic acids is 1. The van der Waals surface area contributed by atoms with Crippen LogP contribution < -0.4 is 15.4 Å². The molecule has 1 amide bonds. The van der Waals surface area contributed by atoms with Crippen LogP contribution in [0, 0.1) is 35.0 Å². The van der Waals surface area contributed by atoms with Crippen LogP contribution in [-0.4, -0.2) is 48.6 Å². The van der Waals surface area contributed by atoms with Gasteiger partial charge in [-0.25, -0.2) is 0 Å². The number of nitrogens with zero attached hydrogens (tertiary/aromatic N) is 2. The van der Waals surface area contributed by atoms with E-state index in [0.717, 1.165) is 81.5 Å². The number of amides is 1. The number of aryl methyl sites for hydroxylation is 1. The number of H-pyrrole nitrogens is 1. The van der Waals surface area contributed by atoms with Crippen molar-refractivity contribution >= 4 is 16.8 Å². The highest BCUT2D eigenvalue weighted by Crippen LogP contribution is 2.57. The number of aromatic nitrogens is 1. The van der Waals surface area contributed by atoms with E-state index in [1.807, 2.05) is 18.3 Å². The summed E-state index contributed by atoms with van der Waals surface area (Å²) in [4.78, 5) is 19.0. The molecule has 208 valence electrons. The molecule has 4 aliphatic rings. The highest BCUT2D eigenvalue weighted by molar-refractivity contribution is 5.94. The Morgan fingerprint density at radius 1 is 1.12 bits per heavy atom. The molecule has 3 N–H and O–H groups in total. The van der Waals surface area contributed by atoms with Crippen LogP contribution >= 0.6 is 0 Å². The van der Waals surface area contributed by atoms with Crippen molar-refractivity contribution in [2.75, 3.05) is 26.7 Å². The Morgan fingerprint density at radius 2 is 1.90 bits per heavy atom. The minimum absolute atomic E-state index is 0.0331. The highest BCUT2D eigenvalue weighted by atomic mass is 16.5.